The zero-order valence-electron chi connectivity index (χ0n) is 9.70. The van der Waals surface area contributed by atoms with Crippen molar-refractivity contribution in [2.45, 2.75) is 13.2 Å². The maximum absolute atomic E-state index is 5.81. The molecule has 0 aliphatic rings. The van der Waals surface area contributed by atoms with Crippen LogP contribution in [0.5, 0.6) is 5.75 Å². The van der Waals surface area contributed by atoms with Gasteiger partial charge in [-0.1, -0.05) is 39.7 Å². The molecule has 0 atom stereocenters. The van der Waals surface area contributed by atoms with E-state index in [9.17, 15) is 0 Å². The summed E-state index contributed by atoms with van der Waals surface area (Å²) in [5.74, 6) is 0.800. The van der Waals surface area contributed by atoms with Crippen LogP contribution < -0.4 is 10.5 Å². The number of halogens is 2. The van der Waals surface area contributed by atoms with Gasteiger partial charge in [-0.25, -0.2) is 0 Å². The van der Waals surface area contributed by atoms with Crippen LogP contribution in [0.15, 0.2) is 46.9 Å². The second kappa shape index (κ2) is 6.23. The molecule has 0 aromatic heterocycles. The molecule has 4 heteroatoms. The smallest absolute Gasteiger partial charge is 0.119 e. The van der Waals surface area contributed by atoms with Gasteiger partial charge < -0.3 is 10.5 Å². The predicted molar refractivity (Wildman–Crippen MR) is 77.8 cm³/mol. The molecule has 0 amide bonds. The van der Waals surface area contributed by atoms with Gasteiger partial charge in [0, 0.05) is 21.6 Å². The van der Waals surface area contributed by atoms with Crippen molar-refractivity contribution >= 4 is 27.5 Å². The topological polar surface area (TPSA) is 35.2 Å². The summed E-state index contributed by atoms with van der Waals surface area (Å²) in [6.07, 6.45) is 0. The van der Waals surface area contributed by atoms with Crippen molar-refractivity contribution in [3.63, 3.8) is 0 Å². The summed E-state index contributed by atoms with van der Waals surface area (Å²) in [6, 6.07) is 13.4. The first kappa shape index (κ1) is 13.4. The average Bonchev–Trinajstić information content (AvgIpc) is 2.39. The van der Waals surface area contributed by atoms with E-state index in [-0.39, 0.29) is 0 Å². The summed E-state index contributed by atoms with van der Waals surface area (Å²) < 4.78 is 6.69. The minimum absolute atomic E-state index is 0.507. The number of hydrogen-bond acceptors (Lipinski definition) is 2. The lowest BCUT2D eigenvalue weighted by atomic mass is 10.1. The molecule has 0 aliphatic heterocycles. The van der Waals surface area contributed by atoms with Crippen LogP contribution in [0.25, 0.3) is 0 Å². The van der Waals surface area contributed by atoms with Crippen LogP contribution in [-0.4, -0.2) is 0 Å². The van der Waals surface area contributed by atoms with Gasteiger partial charge in [0.1, 0.15) is 12.4 Å². The van der Waals surface area contributed by atoms with Crippen molar-refractivity contribution in [3.05, 3.63) is 63.1 Å². The molecule has 0 bridgehead atoms. The molecule has 0 unspecified atom stereocenters. The van der Waals surface area contributed by atoms with Crippen LogP contribution in [0.2, 0.25) is 5.02 Å². The standard InChI is InChI=1S/C14H13BrClNO/c15-14-7-10(8-17)1-2-11(14)9-18-13-5-3-12(16)4-6-13/h1-7H,8-9,17H2. The van der Waals surface area contributed by atoms with Gasteiger partial charge in [0.25, 0.3) is 0 Å². The van der Waals surface area contributed by atoms with Crippen LogP contribution in [0.4, 0.5) is 0 Å². The number of ether oxygens (including phenoxy) is 1. The quantitative estimate of drug-likeness (QED) is 0.916. The fourth-order valence-electron chi connectivity index (χ4n) is 1.53. The molecule has 0 heterocycles. The minimum Gasteiger partial charge on any atom is -0.489 e. The first-order chi connectivity index (χ1) is 8.69. The Morgan fingerprint density at radius 1 is 1.11 bits per heavy atom. The molecule has 2 aromatic rings. The van der Waals surface area contributed by atoms with Gasteiger partial charge in [-0.15, -0.1) is 0 Å². The van der Waals surface area contributed by atoms with E-state index in [4.69, 9.17) is 22.1 Å². The summed E-state index contributed by atoms with van der Waals surface area (Å²) in [7, 11) is 0. The van der Waals surface area contributed by atoms with E-state index in [1.54, 1.807) is 0 Å². The van der Waals surface area contributed by atoms with E-state index in [1.807, 2.05) is 42.5 Å². The van der Waals surface area contributed by atoms with Crippen LogP contribution in [-0.2, 0) is 13.2 Å². The Kier molecular flexibility index (Phi) is 4.64. The molecular formula is C14H13BrClNO. The van der Waals surface area contributed by atoms with Crippen LogP contribution >= 0.6 is 27.5 Å². The summed E-state index contributed by atoms with van der Waals surface area (Å²) in [5, 5.41) is 0.704. The molecule has 18 heavy (non-hydrogen) atoms. The predicted octanol–water partition coefficient (Wildman–Crippen LogP) is 4.14. The second-order valence-corrected chi connectivity index (χ2v) is 5.16. The summed E-state index contributed by atoms with van der Waals surface area (Å²) in [4.78, 5) is 0. The third-order valence-corrected chi connectivity index (χ3v) is 3.55. The van der Waals surface area contributed by atoms with Crippen LogP contribution in [0.3, 0.4) is 0 Å². The summed E-state index contributed by atoms with van der Waals surface area (Å²) >= 11 is 9.33. The van der Waals surface area contributed by atoms with Gasteiger partial charge >= 0.3 is 0 Å². The summed E-state index contributed by atoms with van der Waals surface area (Å²) in [5.41, 5.74) is 7.76. The molecule has 2 aromatic carbocycles. The van der Waals surface area contributed by atoms with Gasteiger partial charge in [-0.3, -0.25) is 0 Å². The fraction of sp³-hybridized carbons (Fsp3) is 0.143. The van der Waals surface area contributed by atoms with Crippen LogP contribution in [0, 0.1) is 0 Å². The van der Waals surface area contributed by atoms with E-state index in [0.29, 0.717) is 18.2 Å². The molecule has 94 valence electrons. The molecule has 0 spiro atoms. The number of nitrogens with two attached hydrogens (primary N) is 1. The molecule has 2 nitrogen and oxygen atoms in total. The highest BCUT2D eigenvalue weighted by Gasteiger charge is 2.02. The third kappa shape index (κ3) is 3.48. The first-order valence-electron chi connectivity index (χ1n) is 5.55. The van der Waals surface area contributed by atoms with Crippen LogP contribution in [0.1, 0.15) is 11.1 Å². The Labute approximate surface area is 120 Å². The Morgan fingerprint density at radius 2 is 1.83 bits per heavy atom. The van der Waals surface area contributed by atoms with E-state index in [1.165, 1.54) is 0 Å². The van der Waals surface area contributed by atoms with E-state index < -0.39 is 0 Å². The van der Waals surface area contributed by atoms with Crippen molar-refractivity contribution in [1.29, 1.82) is 0 Å². The molecule has 2 N–H and O–H groups in total. The van der Waals surface area contributed by atoms with E-state index in [0.717, 1.165) is 21.3 Å². The molecule has 0 radical (unpaired) electrons. The zero-order valence-corrected chi connectivity index (χ0v) is 12.0. The largest absolute Gasteiger partial charge is 0.489 e. The maximum atomic E-state index is 5.81. The zero-order chi connectivity index (χ0) is 13.0. The highest BCUT2D eigenvalue weighted by molar-refractivity contribution is 9.10. The lowest BCUT2D eigenvalue weighted by molar-refractivity contribution is 0.305. The van der Waals surface area contributed by atoms with E-state index >= 15 is 0 Å². The molecule has 0 aliphatic carbocycles. The number of benzene rings is 2. The average molecular weight is 327 g/mol. The van der Waals surface area contributed by atoms with Gasteiger partial charge in [0.05, 0.1) is 0 Å². The van der Waals surface area contributed by atoms with Gasteiger partial charge in [-0.05, 0) is 35.9 Å². The third-order valence-electron chi connectivity index (χ3n) is 2.56. The lowest BCUT2D eigenvalue weighted by Gasteiger charge is -2.09. The maximum Gasteiger partial charge on any atom is 0.119 e. The van der Waals surface area contributed by atoms with Crippen molar-refractivity contribution < 1.29 is 4.74 Å². The molecule has 0 fully saturated rings. The van der Waals surface area contributed by atoms with Gasteiger partial charge in [-0.2, -0.15) is 0 Å². The van der Waals surface area contributed by atoms with Crippen molar-refractivity contribution in [1.82, 2.24) is 0 Å². The number of hydrogen-bond donors (Lipinski definition) is 1. The highest BCUT2D eigenvalue weighted by atomic mass is 79.9. The molecule has 0 saturated carbocycles. The van der Waals surface area contributed by atoms with Gasteiger partial charge in [0.2, 0.25) is 0 Å². The Bertz CT molecular complexity index is 528. The minimum atomic E-state index is 0.507. The fourth-order valence-corrected chi connectivity index (χ4v) is 2.19. The first-order valence-corrected chi connectivity index (χ1v) is 6.72. The Balaban J connectivity index is 2.04. The lowest BCUT2D eigenvalue weighted by Crippen LogP contribution is -2.00. The molecular weight excluding hydrogens is 314 g/mol. The highest BCUT2D eigenvalue weighted by Crippen LogP contribution is 2.21. The van der Waals surface area contributed by atoms with Crippen molar-refractivity contribution in [2.75, 3.05) is 0 Å². The monoisotopic (exact) mass is 325 g/mol. The Morgan fingerprint density at radius 3 is 2.44 bits per heavy atom. The Hall–Kier alpha value is -1.03. The van der Waals surface area contributed by atoms with Gasteiger partial charge in [0.15, 0.2) is 0 Å². The molecule has 2 rings (SSSR count). The second-order valence-electron chi connectivity index (χ2n) is 3.87. The van der Waals surface area contributed by atoms with Crippen molar-refractivity contribution in [2.24, 2.45) is 5.73 Å². The van der Waals surface area contributed by atoms with E-state index in [2.05, 4.69) is 15.9 Å². The summed E-state index contributed by atoms with van der Waals surface area (Å²) in [6.45, 7) is 1.05. The SMILES string of the molecule is NCc1ccc(COc2ccc(Cl)cc2)c(Br)c1. The number of rotatable bonds is 4. The molecule has 0 saturated heterocycles. The van der Waals surface area contributed by atoms with Crippen molar-refractivity contribution in [3.8, 4) is 5.75 Å². The normalized spacial score (nSPS) is 10.4.